The molecule has 0 unspecified atom stereocenters. The number of nitrogens with zero attached hydrogens (tertiary/aromatic N) is 6. The van der Waals surface area contributed by atoms with Crippen LogP contribution in [0.3, 0.4) is 0 Å². The van der Waals surface area contributed by atoms with E-state index in [4.69, 9.17) is 5.10 Å². The van der Waals surface area contributed by atoms with E-state index in [1.54, 1.807) is 0 Å². The van der Waals surface area contributed by atoms with Gasteiger partial charge < -0.3 is 20.1 Å². The van der Waals surface area contributed by atoms with Crippen LogP contribution in [0.4, 0.5) is 4.79 Å². The maximum Gasteiger partial charge on any atom is 0.317 e. The van der Waals surface area contributed by atoms with Gasteiger partial charge in [-0.2, -0.15) is 5.10 Å². The van der Waals surface area contributed by atoms with Crippen molar-refractivity contribution in [3.63, 3.8) is 0 Å². The average Bonchev–Trinajstić information content (AvgIpc) is 3.56. The molecule has 192 valence electrons. The molecule has 0 atom stereocenters. The molecule has 0 aliphatic carbocycles. The van der Waals surface area contributed by atoms with Crippen molar-refractivity contribution in [2.75, 3.05) is 33.2 Å². The third-order valence-electron chi connectivity index (χ3n) is 7.88. The van der Waals surface area contributed by atoms with Crippen LogP contribution < -0.4 is 5.32 Å². The van der Waals surface area contributed by atoms with E-state index in [-0.39, 0.29) is 6.03 Å². The molecule has 0 saturated carbocycles. The largest absolute Gasteiger partial charge is 0.344 e. The SMILES string of the molecule is CCNC(=O)N1CCc2c(C)cc(-c3cc4c(-c5cnn(C6CCN(C)CC6)c5)c[nH]c4nn3)cc2C1. The van der Waals surface area contributed by atoms with Gasteiger partial charge in [0.1, 0.15) is 0 Å². The van der Waals surface area contributed by atoms with E-state index in [9.17, 15) is 4.79 Å². The number of hydrogen-bond acceptors (Lipinski definition) is 5. The summed E-state index contributed by atoms with van der Waals surface area (Å²) in [5, 5.41) is 17.7. The third-order valence-corrected chi connectivity index (χ3v) is 7.88. The van der Waals surface area contributed by atoms with Crippen LogP contribution in [0.5, 0.6) is 0 Å². The van der Waals surface area contributed by atoms with Crippen molar-refractivity contribution < 1.29 is 4.79 Å². The minimum Gasteiger partial charge on any atom is -0.344 e. The number of amides is 2. The van der Waals surface area contributed by atoms with E-state index in [1.807, 2.05) is 24.2 Å². The number of hydrogen-bond donors (Lipinski definition) is 2. The molecule has 37 heavy (non-hydrogen) atoms. The number of carbonyl (C=O) groups excluding carboxylic acids is 1. The number of H-pyrrole nitrogens is 1. The van der Waals surface area contributed by atoms with Crippen LogP contribution in [0.1, 0.15) is 42.5 Å². The van der Waals surface area contributed by atoms with Crippen LogP contribution in [-0.4, -0.2) is 74.0 Å². The molecule has 6 rings (SSSR count). The average molecular weight is 499 g/mol. The molecule has 0 bridgehead atoms. The summed E-state index contributed by atoms with van der Waals surface area (Å²) < 4.78 is 2.13. The highest BCUT2D eigenvalue weighted by molar-refractivity contribution is 5.94. The highest BCUT2D eigenvalue weighted by Gasteiger charge is 2.23. The zero-order chi connectivity index (χ0) is 25.5. The Morgan fingerprint density at radius 3 is 2.78 bits per heavy atom. The number of aromatic amines is 1. The maximum atomic E-state index is 12.4. The summed E-state index contributed by atoms with van der Waals surface area (Å²) in [7, 11) is 2.18. The lowest BCUT2D eigenvalue weighted by molar-refractivity contribution is 0.193. The molecular weight excluding hydrogens is 464 g/mol. The first kappa shape index (κ1) is 23.7. The molecule has 1 aromatic carbocycles. The number of likely N-dealkylation sites (tertiary alicyclic amines) is 1. The highest BCUT2D eigenvalue weighted by Crippen LogP contribution is 2.33. The molecule has 9 nitrogen and oxygen atoms in total. The standard InChI is InChI=1S/C28H34N8O/c1-4-29-28(37)35-10-7-23-18(2)11-19(12-20(23)16-35)26-13-24-25(15-30-27(24)33-32-26)21-14-31-36(17-21)22-5-8-34(3)9-6-22/h11-15,17,22H,4-10,16H2,1-3H3,(H,29,37)(H,30,33). The molecule has 2 aliphatic rings. The number of benzene rings is 1. The molecule has 2 amide bonds. The molecule has 5 heterocycles. The summed E-state index contributed by atoms with van der Waals surface area (Å²) >= 11 is 0. The molecule has 1 saturated heterocycles. The summed E-state index contributed by atoms with van der Waals surface area (Å²) in [4.78, 5) is 20.0. The fourth-order valence-corrected chi connectivity index (χ4v) is 5.74. The third kappa shape index (κ3) is 4.48. The van der Waals surface area contributed by atoms with Crippen LogP contribution in [0.15, 0.2) is 36.8 Å². The lowest BCUT2D eigenvalue weighted by atomic mass is 9.92. The van der Waals surface area contributed by atoms with Gasteiger partial charge in [0, 0.05) is 54.1 Å². The summed E-state index contributed by atoms with van der Waals surface area (Å²) in [5.41, 5.74) is 8.55. The first-order valence-corrected chi connectivity index (χ1v) is 13.2. The number of aryl methyl sites for hydroxylation is 1. The topological polar surface area (TPSA) is 95.0 Å². The monoisotopic (exact) mass is 498 g/mol. The molecular formula is C28H34N8O. The molecule has 2 aliphatic heterocycles. The van der Waals surface area contributed by atoms with Crippen molar-refractivity contribution in [3.8, 4) is 22.4 Å². The van der Waals surface area contributed by atoms with Gasteiger partial charge in [-0.05, 0) is 88.1 Å². The zero-order valence-corrected chi connectivity index (χ0v) is 21.8. The Bertz CT molecular complexity index is 1450. The van der Waals surface area contributed by atoms with Gasteiger partial charge in [-0.25, -0.2) is 4.79 Å². The van der Waals surface area contributed by atoms with Gasteiger partial charge in [0.2, 0.25) is 0 Å². The highest BCUT2D eigenvalue weighted by atomic mass is 16.2. The van der Waals surface area contributed by atoms with Gasteiger partial charge in [0.25, 0.3) is 0 Å². The van der Waals surface area contributed by atoms with Gasteiger partial charge in [0.15, 0.2) is 5.65 Å². The quantitative estimate of drug-likeness (QED) is 0.441. The van der Waals surface area contributed by atoms with Crippen LogP contribution in [0.25, 0.3) is 33.4 Å². The molecule has 4 aromatic rings. The summed E-state index contributed by atoms with van der Waals surface area (Å²) in [6.07, 6.45) is 9.23. The number of piperidine rings is 1. The fourth-order valence-electron chi connectivity index (χ4n) is 5.74. The van der Waals surface area contributed by atoms with Crippen LogP contribution in [0.2, 0.25) is 0 Å². The first-order valence-electron chi connectivity index (χ1n) is 13.2. The Morgan fingerprint density at radius 2 is 1.97 bits per heavy atom. The first-order chi connectivity index (χ1) is 18.0. The van der Waals surface area contributed by atoms with Gasteiger partial charge in [-0.1, -0.05) is 0 Å². The molecule has 2 N–H and O–H groups in total. The minimum absolute atomic E-state index is 0.00447. The van der Waals surface area contributed by atoms with E-state index >= 15 is 0 Å². The number of nitrogens with one attached hydrogen (secondary N) is 2. The second-order valence-corrected chi connectivity index (χ2v) is 10.4. The van der Waals surface area contributed by atoms with Crippen LogP contribution in [-0.2, 0) is 13.0 Å². The van der Waals surface area contributed by atoms with Gasteiger partial charge in [-0.3, -0.25) is 4.68 Å². The van der Waals surface area contributed by atoms with E-state index in [0.717, 1.165) is 72.3 Å². The Balaban J connectivity index is 1.31. The minimum atomic E-state index is -0.00447. The Hall–Kier alpha value is -3.72. The zero-order valence-electron chi connectivity index (χ0n) is 21.8. The van der Waals surface area contributed by atoms with Crippen LogP contribution in [0, 0.1) is 6.92 Å². The van der Waals surface area contributed by atoms with Crippen molar-refractivity contribution in [2.24, 2.45) is 0 Å². The number of urea groups is 1. The summed E-state index contributed by atoms with van der Waals surface area (Å²) in [5.74, 6) is 0. The Labute approximate surface area is 216 Å². The number of rotatable bonds is 4. The molecule has 9 heteroatoms. The predicted octanol–water partition coefficient (Wildman–Crippen LogP) is 4.15. The molecule has 0 spiro atoms. The summed E-state index contributed by atoms with van der Waals surface area (Å²) in [6, 6.07) is 6.93. The van der Waals surface area contributed by atoms with Gasteiger partial charge in [-0.15, -0.1) is 10.2 Å². The van der Waals surface area contributed by atoms with E-state index in [0.29, 0.717) is 19.1 Å². The summed E-state index contributed by atoms with van der Waals surface area (Å²) in [6.45, 7) is 8.28. The lowest BCUT2D eigenvalue weighted by Crippen LogP contribution is -2.42. The predicted molar refractivity (Wildman–Crippen MR) is 144 cm³/mol. The van der Waals surface area contributed by atoms with Crippen molar-refractivity contribution in [1.82, 2.24) is 40.1 Å². The molecule has 1 fully saturated rings. The maximum absolute atomic E-state index is 12.4. The fraction of sp³-hybridized carbons (Fsp3) is 0.429. The molecule has 0 radical (unpaired) electrons. The van der Waals surface area contributed by atoms with Crippen molar-refractivity contribution >= 4 is 17.1 Å². The Kier molecular flexibility index (Phi) is 6.16. The van der Waals surface area contributed by atoms with Gasteiger partial charge in [0.05, 0.1) is 17.9 Å². The number of carbonyl (C=O) groups is 1. The second kappa shape index (κ2) is 9.63. The van der Waals surface area contributed by atoms with E-state index in [2.05, 4.69) is 68.4 Å². The van der Waals surface area contributed by atoms with Crippen LogP contribution >= 0.6 is 0 Å². The number of aromatic nitrogens is 5. The van der Waals surface area contributed by atoms with Crippen molar-refractivity contribution in [1.29, 1.82) is 0 Å². The lowest BCUT2D eigenvalue weighted by Gasteiger charge is -2.30. The van der Waals surface area contributed by atoms with E-state index < -0.39 is 0 Å². The normalized spacial score (nSPS) is 16.8. The van der Waals surface area contributed by atoms with E-state index in [1.165, 1.54) is 16.7 Å². The Morgan fingerprint density at radius 1 is 1.14 bits per heavy atom. The van der Waals surface area contributed by atoms with Crippen molar-refractivity contribution in [3.05, 3.63) is 53.5 Å². The second-order valence-electron chi connectivity index (χ2n) is 10.4. The molecule has 3 aromatic heterocycles. The smallest absolute Gasteiger partial charge is 0.317 e. The van der Waals surface area contributed by atoms with Crippen molar-refractivity contribution in [2.45, 2.75) is 45.7 Å². The number of fused-ring (bicyclic) bond motifs is 2. The van der Waals surface area contributed by atoms with Gasteiger partial charge >= 0.3 is 6.03 Å².